The van der Waals surface area contributed by atoms with Crippen LogP contribution in [0.15, 0.2) is 18.3 Å². The highest BCUT2D eigenvalue weighted by molar-refractivity contribution is 5.95. The number of hydrogen-bond acceptors (Lipinski definition) is 5. The summed E-state index contributed by atoms with van der Waals surface area (Å²) in [4.78, 5) is 14.2. The Hall–Kier alpha value is -1.95. The van der Waals surface area contributed by atoms with Crippen molar-refractivity contribution in [3.8, 4) is 0 Å². The Morgan fingerprint density at radius 2 is 2.33 bits per heavy atom. The predicted molar refractivity (Wildman–Crippen MR) is 78.4 cm³/mol. The maximum Gasteiger partial charge on any atom is 0.341 e. The van der Waals surface area contributed by atoms with Gasteiger partial charge in [-0.25, -0.2) is 4.79 Å². The summed E-state index contributed by atoms with van der Waals surface area (Å²) in [7, 11) is 1.38. The molecule has 1 fully saturated rings. The maximum atomic E-state index is 11.8. The highest BCUT2D eigenvalue weighted by atomic mass is 16.5. The lowest BCUT2D eigenvalue weighted by atomic mass is 9.97. The Labute approximate surface area is 123 Å². The molecule has 0 amide bonds. The van der Waals surface area contributed by atoms with Crippen LogP contribution in [0.1, 0.15) is 41.9 Å². The van der Waals surface area contributed by atoms with Gasteiger partial charge in [-0.15, -0.1) is 10.2 Å². The first-order valence-corrected chi connectivity index (χ1v) is 7.39. The van der Waals surface area contributed by atoms with Gasteiger partial charge in [-0.05, 0) is 38.1 Å². The normalized spacial score (nSPS) is 19.8. The largest absolute Gasteiger partial charge is 0.465 e. The van der Waals surface area contributed by atoms with Gasteiger partial charge >= 0.3 is 5.97 Å². The predicted octanol–water partition coefficient (Wildman–Crippen LogP) is 1.72. The van der Waals surface area contributed by atoms with Crippen LogP contribution in [0.5, 0.6) is 0 Å². The fraction of sp³-hybridized carbons (Fsp3) is 0.533. The average Bonchev–Trinajstić information content (AvgIpc) is 2.98. The first kappa shape index (κ1) is 14.0. The maximum absolute atomic E-state index is 11.8. The number of methoxy groups -OCH3 is 1. The molecule has 6 heteroatoms. The Morgan fingerprint density at radius 1 is 1.48 bits per heavy atom. The molecule has 2 aromatic heterocycles. The van der Waals surface area contributed by atoms with E-state index in [0.29, 0.717) is 17.1 Å². The molecule has 1 atom stereocenters. The van der Waals surface area contributed by atoms with Gasteiger partial charge in [0.15, 0.2) is 5.65 Å². The number of carbonyl (C=O) groups excluding carboxylic acids is 1. The van der Waals surface area contributed by atoms with E-state index in [1.807, 2.05) is 16.7 Å². The number of ether oxygens (including phenoxy) is 1. The van der Waals surface area contributed by atoms with E-state index in [9.17, 15) is 4.79 Å². The lowest BCUT2D eigenvalue weighted by Crippen LogP contribution is -2.34. The Morgan fingerprint density at radius 3 is 3.10 bits per heavy atom. The lowest BCUT2D eigenvalue weighted by Gasteiger charge is -2.30. The van der Waals surface area contributed by atoms with E-state index in [2.05, 4.69) is 22.0 Å². The van der Waals surface area contributed by atoms with Gasteiger partial charge in [-0.1, -0.05) is 6.92 Å². The number of aromatic nitrogens is 3. The summed E-state index contributed by atoms with van der Waals surface area (Å²) < 4.78 is 6.73. The molecule has 0 spiro atoms. The second-order valence-electron chi connectivity index (χ2n) is 5.40. The van der Waals surface area contributed by atoms with Gasteiger partial charge in [0.1, 0.15) is 11.4 Å². The minimum atomic E-state index is -0.377. The van der Waals surface area contributed by atoms with Crippen molar-refractivity contribution in [1.29, 1.82) is 0 Å². The molecule has 112 valence electrons. The van der Waals surface area contributed by atoms with Gasteiger partial charge in [0.05, 0.1) is 7.11 Å². The van der Waals surface area contributed by atoms with Gasteiger partial charge in [0, 0.05) is 18.7 Å². The zero-order valence-electron chi connectivity index (χ0n) is 12.5. The van der Waals surface area contributed by atoms with E-state index >= 15 is 0 Å². The van der Waals surface area contributed by atoms with Crippen LogP contribution < -0.4 is 0 Å². The average molecular weight is 288 g/mol. The molecular weight excluding hydrogens is 268 g/mol. The first-order chi connectivity index (χ1) is 10.2. The summed E-state index contributed by atoms with van der Waals surface area (Å²) >= 11 is 0. The van der Waals surface area contributed by atoms with Gasteiger partial charge in [-0.2, -0.15) is 0 Å². The fourth-order valence-corrected chi connectivity index (χ4v) is 3.04. The number of pyridine rings is 1. The smallest absolute Gasteiger partial charge is 0.341 e. The van der Waals surface area contributed by atoms with Gasteiger partial charge in [0.25, 0.3) is 0 Å². The van der Waals surface area contributed by atoms with E-state index < -0.39 is 0 Å². The minimum absolute atomic E-state index is 0.363. The van der Waals surface area contributed by atoms with Crippen LogP contribution in [0, 0.1) is 0 Å². The van der Waals surface area contributed by atoms with Crippen LogP contribution in [0.25, 0.3) is 5.65 Å². The number of piperidine rings is 1. The number of likely N-dealkylation sites (N-methyl/N-ethyl adjacent to an activating group) is 1. The number of fused-ring (bicyclic) bond motifs is 1. The monoisotopic (exact) mass is 288 g/mol. The van der Waals surface area contributed by atoms with Crippen molar-refractivity contribution in [2.75, 3.05) is 26.7 Å². The molecule has 0 aromatic carbocycles. The topological polar surface area (TPSA) is 59.7 Å². The number of rotatable bonds is 3. The highest BCUT2D eigenvalue weighted by Gasteiger charge is 2.25. The number of hydrogen-bond donors (Lipinski definition) is 0. The SMILES string of the molecule is CCN1CCCC(c2nnc3c(C(=O)OC)cccn23)C1. The Bertz CT molecular complexity index is 652. The zero-order chi connectivity index (χ0) is 14.8. The van der Waals surface area contributed by atoms with Crippen LogP contribution in [-0.2, 0) is 4.74 Å². The fourth-order valence-electron chi connectivity index (χ4n) is 3.04. The standard InChI is InChI=1S/C15H20N4O2/c1-3-18-8-4-6-11(10-18)13-16-17-14-12(15(20)21-2)7-5-9-19(13)14/h5,7,9,11H,3-4,6,8,10H2,1-2H3. The summed E-state index contributed by atoms with van der Waals surface area (Å²) in [5.74, 6) is 0.925. The molecule has 21 heavy (non-hydrogen) atoms. The van der Waals surface area contributed by atoms with E-state index in [4.69, 9.17) is 4.74 Å². The third-order valence-electron chi connectivity index (χ3n) is 4.18. The zero-order valence-corrected chi connectivity index (χ0v) is 12.5. The molecule has 1 saturated heterocycles. The van der Waals surface area contributed by atoms with Crippen LogP contribution in [0.4, 0.5) is 0 Å². The molecule has 0 aliphatic carbocycles. The summed E-state index contributed by atoms with van der Waals surface area (Å²) in [6.45, 7) is 5.39. The van der Waals surface area contributed by atoms with Crippen molar-refractivity contribution in [3.63, 3.8) is 0 Å². The molecule has 3 heterocycles. The van der Waals surface area contributed by atoms with Crippen molar-refractivity contribution < 1.29 is 9.53 Å². The van der Waals surface area contributed by atoms with Gasteiger partial charge in [0.2, 0.25) is 0 Å². The molecule has 3 rings (SSSR count). The second-order valence-corrected chi connectivity index (χ2v) is 5.40. The van der Waals surface area contributed by atoms with Crippen molar-refractivity contribution >= 4 is 11.6 Å². The van der Waals surface area contributed by atoms with Crippen LogP contribution in [0.2, 0.25) is 0 Å². The van der Waals surface area contributed by atoms with E-state index in [1.165, 1.54) is 13.5 Å². The summed E-state index contributed by atoms with van der Waals surface area (Å²) in [6, 6.07) is 3.56. The van der Waals surface area contributed by atoms with Crippen molar-refractivity contribution in [2.24, 2.45) is 0 Å². The molecule has 1 unspecified atom stereocenters. The molecule has 6 nitrogen and oxygen atoms in total. The van der Waals surface area contributed by atoms with Crippen molar-refractivity contribution in [3.05, 3.63) is 29.7 Å². The summed E-state index contributed by atoms with van der Waals surface area (Å²) in [6.07, 6.45) is 4.20. The van der Waals surface area contributed by atoms with Crippen molar-refractivity contribution in [2.45, 2.75) is 25.7 Å². The Balaban J connectivity index is 1.99. The van der Waals surface area contributed by atoms with Gasteiger partial charge in [-0.3, -0.25) is 4.40 Å². The third-order valence-corrected chi connectivity index (χ3v) is 4.18. The molecule has 0 bridgehead atoms. The van der Waals surface area contributed by atoms with Crippen LogP contribution >= 0.6 is 0 Å². The molecule has 0 N–H and O–H groups in total. The van der Waals surface area contributed by atoms with Crippen LogP contribution in [-0.4, -0.2) is 52.2 Å². The third kappa shape index (κ3) is 2.51. The lowest BCUT2D eigenvalue weighted by molar-refractivity contribution is 0.0602. The second kappa shape index (κ2) is 5.81. The molecule has 0 radical (unpaired) electrons. The molecule has 1 aliphatic heterocycles. The number of nitrogens with zero attached hydrogens (tertiary/aromatic N) is 4. The van der Waals surface area contributed by atoms with Crippen LogP contribution in [0.3, 0.4) is 0 Å². The molecule has 2 aromatic rings. The van der Waals surface area contributed by atoms with E-state index in [1.54, 1.807) is 6.07 Å². The number of carbonyl (C=O) groups is 1. The quantitative estimate of drug-likeness (QED) is 0.805. The number of likely N-dealkylation sites (tertiary alicyclic amines) is 1. The number of esters is 1. The van der Waals surface area contributed by atoms with Gasteiger partial charge < -0.3 is 9.64 Å². The summed E-state index contributed by atoms with van der Waals surface area (Å²) in [5.41, 5.74) is 1.04. The molecular formula is C15H20N4O2. The Kier molecular flexibility index (Phi) is 3.88. The summed E-state index contributed by atoms with van der Waals surface area (Å²) in [5, 5.41) is 8.55. The molecule has 1 aliphatic rings. The molecule has 0 saturated carbocycles. The van der Waals surface area contributed by atoms with Crippen molar-refractivity contribution in [1.82, 2.24) is 19.5 Å². The minimum Gasteiger partial charge on any atom is -0.465 e. The van der Waals surface area contributed by atoms with E-state index in [0.717, 1.165) is 31.9 Å². The highest BCUT2D eigenvalue weighted by Crippen LogP contribution is 2.26. The first-order valence-electron chi connectivity index (χ1n) is 7.39. The van der Waals surface area contributed by atoms with E-state index in [-0.39, 0.29) is 5.97 Å².